The molecule has 1 aliphatic rings. The number of aromatic nitrogens is 2. The van der Waals surface area contributed by atoms with Crippen LogP contribution in [0.3, 0.4) is 0 Å². The van der Waals surface area contributed by atoms with Gasteiger partial charge in [0.2, 0.25) is 5.13 Å². The van der Waals surface area contributed by atoms with Crippen LogP contribution in [0.1, 0.15) is 29.7 Å². The SMILES string of the molecule is CCOc1cccc(C2C(C(=O)C=Cc3ccccc3)=C(O)C(=O)N2c2nnc(SCc3ccccc3Cl)s2)c1. The molecule has 0 bridgehead atoms. The molecule has 10 heteroatoms. The highest BCUT2D eigenvalue weighted by atomic mass is 35.5. The maximum atomic E-state index is 13.5. The number of allylic oxidation sites excluding steroid dienone is 1. The van der Waals surface area contributed by atoms with Crippen molar-refractivity contribution >= 4 is 57.6 Å². The van der Waals surface area contributed by atoms with Gasteiger partial charge in [-0.25, -0.2) is 0 Å². The van der Waals surface area contributed by atoms with Crippen LogP contribution in [-0.2, 0) is 15.3 Å². The van der Waals surface area contributed by atoms with E-state index in [1.54, 1.807) is 30.3 Å². The molecule has 1 amide bonds. The van der Waals surface area contributed by atoms with Gasteiger partial charge in [-0.1, -0.05) is 101 Å². The minimum Gasteiger partial charge on any atom is -0.503 e. The van der Waals surface area contributed by atoms with Crippen LogP contribution in [0.15, 0.2) is 101 Å². The van der Waals surface area contributed by atoms with Gasteiger partial charge in [-0.15, -0.1) is 10.2 Å². The lowest BCUT2D eigenvalue weighted by Gasteiger charge is -2.24. The number of amides is 1. The van der Waals surface area contributed by atoms with Gasteiger partial charge >= 0.3 is 0 Å². The number of ether oxygens (including phenoxy) is 1. The van der Waals surface area contributed by atoms with Crippen molar-refractivity contribution in [3.05, 3.63) is 118 Å². The summed E-state index contributed by atoms with van der Waals surface area (Å²) in [6.45, 7) is 2.32. The Kier molecular flexibility index (Phi) is 8.64. The second-order valence-electron chi connectivity index (χ2n) is 8.68. The average Bonchev–Trinajstić information content (AvgIpc) is 3.54. The third kappa shape index (κ3) is 5.96. The minimum absolute atomic E-state index is 0.0358. The first kappa shape index (κ1) is 27.6. The van der Waals surface area contributed by atoms with E-state index in [-0.39, 0.29) is 10.7 Å². The van der Waals surface area contributed by atoms with Gasteiger partial charge in [0.05, 0.1) is 18.2 Å². The molecular weight excluding hydrogens is 566 g/mol. The normalized spacial score (nSPS) is 15.3. The highest BCUT2D eigenvalue weighted by molar-refractivity contribution is 8.00. The molecule has 40 heavy (non-hydrogen) atoms. The van der Waals surface area contributed by atoms with Gasteiger partial charge in [-0.3, -0.25) is 14.5 Å². The summed E-state index contributed by atoms with van der Waals surface area (Å²) in [5.41, 5.74) is 2.33. The molecule has 0 spiro atoms. The molecule has 1 aromatic heterocycles. The fourth-order valence-corrected chi connectivity index (χ4v) is 6.40. The number of ketones is 1. The van der Waals surface area contributed by atoms with Crippen molar-refractivity contribution in [2.75, 3.05) is 11.5 Å². The number of nitrogens with zero attached hydrogens (tertiary/aromatic N) is 3. The van der Waals surface area contributed by atoms with E-state index in [1.165, 1.54) is 34.1 Å². The summed E-state index contributed by atoms with van der Waals surface area (Å²) >= 11 is 8.93. The number of anilines is 1. The van der Waals surface area contributed by atoms with Crippen LogP contribution in [0.4, 0.5) is 5.13 Å². The van der Waals surface area contributed by atoms with Gasteiger partial charge < -0.3 is 9.84 Å². The van der Waals surface area contributed by atoms with E-state index in [0.29, 0.717) is 33.0 Å². The fourth-order valence-electron chi connectivity index (χ4n) is 4.25. The standard InChI is InChI=1S/C30H24ClN3O4S2/c1-2-38-22-13-8-12-20(17-22)26-25(24(35)16-15-19-9-4-3-5-10-19)27(36)28(37)34(26)29-32-33-30(40-29)39-18-21-11-6-7-14-23(21)31/h3-17,26,36H,2,18H2,1H3. The van der Waals surface area contributed by atoms with Crippen LogP contribution in [0.5, 0.6) is 5.75 Å². The Hall–Kier alpha value is -3.92. The van der Waals surface area contributed by atoms with E-state index in [0.717, 1.165) is 11.1 Å². The van der Waals surface area contributed by atoms with Crippen LogP contribution < -0.4 is 9.64 Å². The Morgan fingerprint density at radius 1 is 1.10 bits per heavy atom. The van der Waals surface area contributed by atoms with E-state index < -0.39 is 23.5 Å². The molecule has 7 nitrogen and oxygen atoms in total. The Bertz CT molecular complexity index is 1600. The molecule has 0 radical (unpaired) electrons. The summed E-state index contributed by atoms with van der Waals surface area (Å²) in [5, 5.41) is 20.4. The van der Waals surface area contributed by atoms with Gasteiger partial charge in [0.15, 0.2) is 15.9 Å². The third-order valence-corrected chi connectivity index (χ3v) is 8.57. The Labute approximate surface area is 244 Å². The first-order valence-electron chi connectivity index (χ1n) is 12.4. The van der Waals surface area contributed by atoms with Crippen molar-refractivity contribution < 1.29 is 19.4 Å². The highest BCUT2D eigenvalue weighted by Crippen LogP contribution is 2.44. The molecule has 0 saturated carbocycles. The predicted octanol–water partition coefficient (Wildman–Crippen LogP) is 7.07. The highest BCUT2D eigenvalue weighted by Gasteiger charge is 2.45. The van der Waals surface area contributed by atoms with Crippen LogP contribution in [0, 0.1) is 0 Å². The topological polar surface area (TPSA) is 92.6 Å². The van der Waals surface area contributed by atoms with E-state index in [1.807, 2.05) is 61.5 Å². The number of aliphatic hydroxyl groups excluding tert-OH is 1. The van der Waals surface area contributed by atoms with Crippen molar-refractivity contribution in [3.63, 3.8) is 0 Å². The Morgan fingerprint density at radius 3 is 2.65 bits per heavy atom. The molecule has 2 heterocycles. The minimum atomic E-state index is -0.921. The van der Waals surface area contributed by atoms with Crippen LogP contribution in [0.25, 0.3) is 6.08 Å². The summed E-state index contributed by atoms with van der Waals surface area (Å²) in [6.07, 6.45) is 3.01. The maximum absolute atomic E-state index is 13.5. The zero-order valence-electron chi connectivity index (χ0n) is 21.4. The summed E-state index contributed by atoms with van der Waals surface area (Å²) in [6, 6.07) is 23.1. The number of hydrogen-bond acceptors (Lipinski definition) is 8. The van der Waals surface area contributed by atoms with Gasteiger partial charge in [0, 0.05) is 10.8 Å². The lowest BCUT2D eigenvalue weighted by molar-refractivity contribution is -0.117. The number of carbonyl (C=O) groups is 2. The van der Waals surface area contributed by atoms with E-state index in [2.05, 4.69) is 10.2 Å². The van der Waals surface area contributed by atoms with E-state index >= 15 is 0 Å². The zero-order valence-corrected chi connectivity index (χ0v) is 23.7. The molecule has 5 rings (SSSR count). The van der Waals surface area contributed by atoms with Gasteiger partial charge in [-0.2, -0.15) is 0 Å². The molecule has 1 N–H and O–H groups in total. The number of rotatable bonds is 10. The fraction of sp³-hybridized carbons (Fsp3) is 0.133. The molecule has 1 unspecified atom stereocenters. The van der Waals surface area contributed by atoms with Crippen molar-refractivity contribution in [3.8, 4) is 5.75 Å². The first-order valence-corrected chi connectivity index (χ1v) is 14.6. The molecule has 1 aliphatic heterocycles. The van der Waals surface area contributed by atoms with Crippen LogP contribution in [0.2, 0.25) is 5.02 Å². The van der Waals surface area contributed by atoms with E-state index in [4.69, 9.17) is 16.3 Å². The molecular formula is C30H24ClN3O4S2. The second-order valence-corrected chi connectivity index (χ2v) is 11.3. The quantitative estimate of drug-likeness (QED) is 0.120. The summed E-state index contributed by atoms with van der Waals surface area (Å²) in [7, 11) is 0. The van der Waals surface area contributed by atoms with Crippen molar-refractivity contribution in [2.45, 2.75) is 23.1 Å². The summed E-state index contributed by atoms with van der Waals surface area (Å²) < 4.78 is 6.29. The lowest BCUT2D eigenvalue weighted by Crippen LogP contribution is -2.30. The van der Waals surface area contributed by atoms with Gasteiger partial charge in [0.1, 0.15) is 5.75 Å². The van der Waals surface area contributed by atoms with Crippen LogP contribution in [-0.4, -0.2) is 33.6 Å². The summed E-state index contributed by atoms with van der Waals surface area (Å²) in [5.74, 6) is -0.669. The molecule has 0 fully saturated rings. The number of aliphatic hydroxyl groups is 1. The number of thioether (sulfide) groups is 1. The molecule has 4 aromatic rings. The molecule has 1 atom stereocenters. The molecule has 3 aromatic carbocycles. The Balaban J connectivity index is 1.48. The summed E-state index contributed by atoms with van der Waals surface area (Å²) in [4.78, 5) is 28.2. The van der Waals surface area contributed by atoms with Crippen LogP contribution >= 0.6 is 34.7 Å². The predicted molar refractivity (Wildman–Crippen MR) is 159 cm³/mol. The lowest BCUT2D eigenvalue weighted by atomic mass is 9.95. The van der Waals surface area contributed by atoms with Crippen molar-refractivity contribution in [2.24, 2.45) is 0 Å². The molecule has 202 valence electrons. The zero-order chi connectivity index (χ0) is 28.1. The maximum Gasteiger partial charge on any atom is 0.296 e. The molecule has 0 saturated heterocycles. The van der Waals surface area contributed by atoms with Crippen molar-refractivity contribution in [1.29, 1.82) is 0 Å². The monoisotopic (exact) mass is 589 g/mol. The smallest absolute Gasteiger partial charge is 0.296 e. The number of carbonyl (C=O) groups excluding carboxylic acids is 2. The van der Waals surface area contributed by atoms with Gasteiger partial charge in [-0.05, 0) is 47.9 Å². The average molecular weight is 590 g/mol. The molecule has 0 aliphatic carbocycles. The largest absolute Gasteiger partial charge is 0.503 e. The third-order valence-electron chi connectivity index (χ3n) is 6.10. The second kappa shape index (κ2) is 12.5. The number of hydrogen-bond donors (Lipinski definition) is 1. The Morgan fingerprint density at radius 2 is 1.88 bits per heavy atom. The first-order chi connectivity index (χ1) is 19.5. The van der Waals surface area contributed by atoms with Crippen molar-refractivity contribution in [1.82, 2.24) is 10.2 Å². The van der Waals surface area contributed by atoms with Gasteiger partial charge in [0.25, 0.3) is 5.91 Å². The number of benzene rings is 3. The number of halogens is 1. The van der Waals surface area contributed by atoms with E-state index in [9.17, 15) is 14.7 Å².